The number of piperidine rings is 1. The Kier molecular flexibility index (Phi) is 6.32. The van der Waals surface area contributed by atoms with E-state index in [1.54, 1.807) is 4.90 Å². The summed E-state index contributed by atoms with van der Waals surface area (Å²) in [5.74, 6) is 0. The summed E-state index contributed by atoms with van der Waals surface area (Å²) in [4.78, 5) is 21.9. The average Bonchev–Trinajstić information content (AvgIpc) is 3.08. The Morgan fingerprint density at radius 1 is 0.939 bits per heavy atom. The molecule has 4 rings (SSSR count). The topological polar surface area (TPSA) is 42.0 Å². The first-order valence-electron chi connectivity index (χ1n) is 12.1. The largest absolute Gasteiger partial charge is 0.443 e. The first-order chi connectivity index (χ1) is 15.5. The van der Waals surface area contributed by atoms with Crippen LogP contribution in [-0.2, 0) is 16.0 Å². The van der Waals surface area contributed by atoms with Gasteiger partial charge in [0.25, 0.3) is 0 Å². The summed E-state index contributed by atoms with van der Waals surface area (Å²) in [6, 6.07) is 19.7. The standard InChI is InChI=1S/C28H38N2O3/c1-26(2)18-13-19-27(3,4)30(26)33-28(5,6)24-23(20-21-14-9-7-10-15-21)32-25(31)29(24)22-16-11-8-12-17-22/h7-12,14-17,23-24H,13,18-20H2,1-6H3/t23-,24+/m1/s1. The maximum atomic E-state index is 13.2. The van der Waals surface area contributed by atoms with Crippen molar-refractivity contribution in [2.75, 3.05) is 4.90 Å². The fraction of sp³-hybridized carbons (Fsp3) is 0.536. The lowest BCUT2D eigenvalue weighted by Crippen LogP contribution is -2.64. The van der Waals surface area contributed by atoms with Crippen molar-refractivity contribution in [1.82, 2.24) is 5.06 Å². The second kappa shape index (κ2) is 8.77. The molecule has 0 bridgehead atoms. The molecule has 0 saturated carbocycles. The van der Waals surface area contributed by atoms with Crippen LogP contribution in [0.1, 0.15) is 66.4 Å². The minimum Gasteiger partial charge on any atom is -0.443 e. The molecule has 2 aliphatic heterocycles. The van der Waals surface area contributed by atoms with Gasteiger partial charge in [-0.3, -0.25) is 9.74 Å². The van der Waals surface area contributed by atoms with Crippen molar-refractivity contribution in [3.8, 4) is 0 Å². The monoisotopic (exact) mass is 450 g/mol. The Hall–Kier alpha value is -2.37. The number of hydrogen-bond donors (Lipinski definition) is 0. The fourth-order valence-electron chi connectivity index (χ4n) is 5.66. The van der Waals surface area contributed by atoms with E-state index in [9.17, 15) is 4.79 Å². The first-order valence-corrected chi connectivity index (χ1v) is 12.1. The number of anilines is 1. The highest BCUT2D eigenvalue weighted by Gasteiger charge is 2.54. The summed E-state index contributed by atoms with van der Waals surface area (Å²) in [7, 11) is 0. The third-order valence-corrected chi connectivity index (χ3v) is 7.11. The van der Waals surface area contributed by atoms with Gasteiger partial charge in [-0.05, 0) is 78.5 Å². The Morgan fingerprint density at radius 2 is 1.48 bits per heavy atom. The smallest absolute Gasteiger partial charge is 0.415 e. The van der Waals surface area contributed by atoms with Crippen LogP contribution in [0.25, 0.3) is 0 Å². The van der Waals surface area contributed by atoms with Crippen LogP contribution in [0.15, 0.2) is 60.7 Å². The number of nitrogens with zero attached hydrogens (tertiary/aromatic N) is 2. The molecule has 0 unspecified atom stereocenters. The molecule has 33 heavy (non-hydrogen) atoms. The highest BCUT2D eigenvalue weighted by atomic mass is 16.7. The van der Waals surface area contributed by atoms with E-state index in [2.05, 4.69) is 58.7 Å². The van der Waals surface area contributed by atoms with Crippen LogP contribution in [0.3, 0.4) is 0 Å². The summed E-state index contributed by atoms with van der Waals surface area (Å²) in [5.41, 5.74) is 1.08. The highest BCUT2D eigenvalue weighted by molar-refractivity contribution is 5.91. The molecule has 2 aliphatic rings. The first kappa shape index (κ1) is 23.8. The number of hydrogen-bond acceptors (Lipinski definition) is 4. The van der Waals surface area contributed by atoms with E-state index in [1.165, 1.54) is 6.42 Å². The summed E-state index contributed by atoms with van der Waals surface area (Å²) < 4.78 is 6.01. The van der Waals surface area contributed by atoms with E-state index < -0.39 is 5.60 Å². The Balaban J connectivity index is 1.71. The molecule has 5 nitrogen and oxygen atoms in total. The SMILES string of the molecule is CC(C)(ON1C(C)(C)CCCC1(C)C)[C@@H]1[C@@H](Cc2ccccc2)OC(=O)N1c1ccccc1. The number of rotatable bonds is 6. The molecule has 0 aliphatic carbocycles. The summed E-state index contributed by atoms with van der Waals surface area (Å²) >= 11 is 0. The molecule has 2 aromatic rings. The zero-order chi connectivity index (χ0) is 23.9. The number of hydroxylamine groups is 2. The van der Waals surface area contributed by atoms with Crippen LogP contribution in [0.2, 0.25) is 0 Å². The van der Waals surface area contributed by atoms with Crippen molar-refractivity contribution in [2.45, 2.75) is 96.1 Å². The zero-order valence-corrected chi connectivity index (χ0v) is 20.9. The van der Waals surface area contributed by atoms with Crippen molar-refractivity contribution in [3.05, 3.63) is 66.2 Å². The van der Waals surface area contributed by atoms with Crippen molar-refractivity contribution in [2.24, 2.45) is 0 Å². The molecule has 0 spiro atoms. The van der Waals surface area contributed by atoms with Crippen LogP contribution in [0.5, 0.6) is 0 Å². The van der Waals surface area contributed by atoms with Gasteiger partial charge in [-0.2, -0.15) is 5.06 Å². The Morgan fingerprint density at radius 3 is 2.06 bits per heavy atom. The van der Waals surface area contributed by atoms with E-state index in [0.717, 1.165) is 24.1 Å². The molecule has 2 heterocycles. The molecule has 0 aromatic heterocycles. The predicted molar refractivity (Wildman–Crippen MR) is 132 cm³/mol. The number of carbonyl (C=O) groups excluding carboxylic acids is 1. The van der Waals surface area contributed by atoms with Crippen LogP contribution >= 0.6 is 0 Å². The normalized spacial score (nSPS) is 25.2. The van der Waals surface area contributed by atoms with Crippen LogP contribution in [0, 0.1) is 0 Å². The molecule has 2 aromatic carbocycles. The molecule has 2 saturated heterocycles. The third kappa shape index (κ3) is 4.80. The fourth-order valence-corrected chi connectivity index (χ4v) is 5.66. The molecule has 2 atom stereocenters. The molecule has 178 valence electrons. The number of para-hydroxylation sites is 1. The minimum atomic E-state index is -0.687. The van der Waals surface area contributed by atoms with E-state index >= 15 is 0 Å². The highest BCUT2D eigenvalue weighted by Crippen LogP contribution is 2.43. The van der Waals surface area contributed by atoms with Gasteiger partial charge in [0.05, 0.1) is 0 Å². The van der Waals surface area contributed by atoms with Crippen molar-refractivity contribution >= 4 is 11.8 Å². The lowest BCUT2D eigenvalue weighted by Gasteiger charge is -2.55. The maximum Gasteiger partial charge on any atom is 0.415 e. The quantitative estimate of drug-likeness (QED) is 0.512. The van der Waals surface area contributed by atoms with E-state index in [1.807, 2.05) is 48.5 Å². The molecular weight excluding hydrogens is 412 g/mol. The molecule has 1 amide bonds. The van der Waals surface area contributed by atoms with Crippen molar-refractivity contribution < 1.29 is 14.4 Å². The van der Waals surface area contributed by atoms with Gasteiger partial charge in [-0.25, -0.2) is 4.79 Å². The predicted octanol–water partition coefficient (Wildman–Crippen LogP) is 6.38. The van der Waals surface area contributed by atoms with Gasteiger partial charge >= 0.3 is 6.09 Å². The number of amides is 1. The Labute approximate surface area is 198 Å². The molecular formula is C28H38N2O3. The molecule has 5 heteroatoms. The summed E-state index contributed by atoms with van der Waals surface area (Å²) in [5, 5.41) is 2.19. The van der Waals surface area contributed by atoms with Gasteiger partial charge in [-0.1, -0.05) is 48.5 Å². The maximum absolute atomic E-state index is 13.2. The number of carbonyl (C=O) groups is 1. The van der Waals surface area contributed by atoms with E-state index in [4.69, 9.17) is 9.57 Å². The van der Waals surface area contributed by atoms with Gasteiger partial charge in [0.2, 0.25) is 0 Å². The van der Waals surface area contributed by atoms with Crippen LogP contribution < -0.4 is 4.90 Å². The number of benzene rings is 2. The van der Waals surface area contributed by atoms with Crippen LogP contribution in [-0.4, -0.2) is 40.0 Å². The van der Waals surface area contributed by atoms with Gasteiger partial charge in [0.1, 0.15) is 17.7 Å². The van der Waals surface area contributed by atoms with Crippen molar-refractivity contribution in [1.29, 1.82) is 0 Å². The van der Waals surface area contributed by atoms with Gasteiger partial charge < -0.3 is 4.74 Å². The number of cyclic esters (lactones) is 1. The average molecular weight is 451 g/mol. The van der Waals surface area contributed by atoms with Gasteiger partial charge in [0, 0.05) is 23.2 Å². The van der Waals surface area contributed by atoms with Gasteiger partial charge in [-0.15, -0.1) is 0 Å². The van der Waals surface area contributed by atoms with Crippen LogP contribution in [0.4, 0.5) is 10.5 Å². The molecule has 2 fully saturated rings. The van der Waals surface area contributed by atoms with Crippen molar-refractivity contribution in [3.63, 3.8) is 0 Å². The molecule has 0 N–H and O–H groups in total. The molecule has 0 radical (unpaired) electrons. The second-order valence-electron chi connectivity index (χ2n) is 11.2. The lowest BCUT2D eigenvalue weighted by molar-refractivity contribution is -0.333. The Bertz CT molecular complexity index is 940. The number of ether oxygens (including phenoxy) is 1. The summed E-state index contributed by atoms with van der Waals surface area (Å²) in [6.07, 6.45) is 3.32. The third-order valence-electron chi connectivity index (χ3n) is 7.11. The lowest BCUT2D eigenvalue weighted by atomic mass is 9.82. The van der Waals surface area contributed by atoms with Gasteiger partial charge in [0.15, 0.2) is 0 Å². The van der Waals surface area contributed by atoms with E-state index in [0.29, 0.717) is 6.42 Å². The summed E-state index contributed by atoms with van der Waals surface area (Å²) in [6.45, 7) is 13.2. The van der Waals surface area contributed by atoms with E-state index in [-0.39, 0.29) is 29.3 Å². The zero-order valence-electron chi connectivity index (χ0n) is 20.9. The second-order valence-corrected chi connectivity index (χ2v) is 11.2. The minimum absolute atomic E-state index is 0.102.